The van der Waals surface area contributed by atoms with Crippen molar-refractivity contribution in [1.82, 2.24) is 24.8 Å². The van der Waals surface area contributed by atoms with Crippen molar-refractivity contribution >= 4 is 23.3 Å². The van der Waals surface area contributed by atoms with Crippen LogP contribution in [0.3, 0.4) is 0 Å². The van der Waals surface area contributed by atoms with Crippen molar-refractivity contribution in [3.8, 4) is 17.0 Å². The number of likely N-dealkylation sites (N-methyl/N-ethyl adjacent to an activating group) is 1. The van der Waals surface area contributed by atoms with Gasteiger partial charge in [0.25, 0.3) is 5.91 Å². The van der Waals surface area contributed by atoms with Crippen molar-refractivity contribution < 1.29 is 31.9 Å². The molecule has 0 unspecified atom stereocenters. The quantitative estimate of drug-likeness (QED) is 0.352. The van der Waals surface area contributed by atoms with Gasteiger partial charge >= 0.3 is 6.36 Å². The van der Waals surface area contributed by atoms with Gasteiger partial charge in [-0.3, -0.25) is 19.5 Å². The number of piperazine rings is 1. The van der Waals surface area contributed by atoms with Crippen molar-refractivity contribution in [2.24, 2.45) is 0 Å². The van der Waals surface area contributed by atoms with Gasteiger partial charge in [-0.05, 0) is 37.4 Å². The smallest absolute Gasteiger partial charge is 0.404 e. The normalized spacial score (nSPS) is 14.7. The highest BCUT2D eigenvalue weighted by Gasteiger charge is 2.32. The van der Waals surface area contributed by atoms with Crippen LogP contribution >= 0.6 is 0 Å². The zero-order chi connectivity index (χ0) is 27.3. The Bertz CT molecular complexity index is 1300. The van der Waals surface area contributed by atoms with Crippen LogP contribution in [-0.4, -0.2) is 82.7 Å². The molecule has 38 heavy (non-hydrogen) atoms. The first-order valence-electron chi connectivity index (χ1n) is 11.4. The van der Waals surface area contributed by atoms with Gasteiger partial charge in [0, 0.05) is 37.9 Å². The first-order valence-corrected chi connectivity index (χ1v) is 11.4. The van der Waals surface area contributed by atoms with Crippen LogP contribution in [0.15, 0.2) is 48.9 Å². The number of carbonyl (C=O) groups excluding carboxylic acids is 2. The number of aromatic nitrogens is 3. The Morgan fingerprint density at radius 1 is 1.03 bits per heavy atom. The Kier molecular flexibility index (Phi) is 8.12. The van der Waals surface area contributed by atoms with Crippen molar-refractivity contribution in [3.63, 3.8) is 0 Å². The van der Waals surface area contributed by atoms with Gasteiger partial charge in [-0.1, -0.05) is 0 Å². The molecule has 200 valence electrons. The molecule has 1 aliphatic heterocycles. The van der Waals surface area contributed by atoms with E-state index in [-0.39, 0.29) is 34.9 Å². The SMILES string of the molecule is CN1CCN(CC(=O)Nc2cc(C(=O)Nc3cnc(-c4cccnc4F)cn3)ccc2OC(F)(F)F)CC1. The number of pyridine rings is 1. The van der Waals surface area contributed by atoms with E-state index in [0.717, 1.165) is 31.3 Å². The summed E-state index contributed by atoms with van der Waals surface area (Å²) >= 11 is 0. The third kappa shape index (κ3) is 7.20. The number of halogens is 4. The maximum atomic E-state index is 13.9. The molecule has 1 saturated heterocycles. The van der Waals surface area contributed by atoms with Gasteiger partial charge < -0.3 is 20.3 Å². The van der Waals surface area contributed by atoms with E-state index in [1.165, 1.54) is 30.7 Å². The highest BCUT2D eigenvalue weighted by Crippen LogP contribution is 2.31. The number of anilines is 2. The number of carbonyl (C=O) groups is 2. The Balaban J connectivity index is 1.48. The van der Waals surface area contributed by atoms with Gasteiger partial charge in [0.1, 0.15) is 0 Å². The summed E-state index contributed by atoms with van der Waals surface area (Å²) in [5.41, 5.74) is -0.0797. The second kappa shape index (κ2) is 11.5. The molecule has 10 nitrogen and oxygen atoms in total. The van der Waals surface area contributed by atoms with Crippen molar-refractivity contribution in [2.75, 3.05) is 50.4 Å². The van der Waals surface area contributed by atoms with Crippen molar-refractivity contribution in [2.45, 2.75) is 6.36 Å². The lowest BCUT2D eigenvalue weighted by molar-refractivity contribution is -0.274. The van der Waals surface area contributed by atoms with Crippen LogP contribution in [0.5, 0.6) is 5.75 Å². The van der Waals surface area contributed by atoms with Gasteiger partial charge in [-0.2, -0.15) is 4.39 Å². The molecule has 0 saturated carbocycles. The van der Waals surface area contributed by atoms with E-state index in [4.69, 9.17) is 0 Å². The summed E-state index contributed by atoms with van der Waals surface area (Å²) in [6, 6.07) is 6.12. The van der Waals surface area contributed by atoms with Gasteiger partial charge in [0.2, 0.25) is 11.9 Å². The molecule has 1 fully saturated rings. The molecular formula is C24H23F4N7O3. The second-order valence-corrected chi connectivity index (χ2v) is 8.47. The van der Waals surface area contributed by atoms with E-state index in [0.29, 0.717) is 13.1 Å². The number of hydrogen-bond acceptors (Lipinski definition) is 8. The molecule has 0 radical (unpaired) electrons. The summed E-state index contributed by atoms with van der Waals surface area (Å²) in [7, 11) is 1.95. The molecule has 2 aromatic heterocycles. The molecular weight excluding hydrogens is 510 g/mol. The van der Waals surface area contributed by atoms with E-state index in [1.807, 2.05) is 11.9 Å². The van der Waals surface area contributed by atoms with E-state index >= 15 is 0 Å². The molecule has 3 aromatic rings. The number of hydrogen-bond donors (Lipinski definition) is 2. The highest BCUT2D eigenvalue weighted by atomic mass is 19.4. The van der Waals surface area contributed by atoms with Crippen LogP contribution in [0.1, 0.15) is 10.4 Å². The molecule has 2 amide bonds. The Hall–Kier alpha value is -4.17. The zero-order valence-corrected chi connectivity index (χ0v) is 20.1. The van der Waals surface area contributed by atoms with Crippen LogP contribution in [0.25, 0.3) is 11.3 Å². The third-order valence-corrected chi connectivity index (χ3v) is 5.63. The maximum absolute atomic E-state index is 13.9. The molecule has 1 aliphatic rings. The molecule has 0 aliphatic carbocycles. The zero-order valence-electron chi connectivity index (χ0n) is 20.1. The Morgan fingerprint density at radius 3 is 2.45 bits per heavy atom. The molecule has 4 rings (SSSR count). The molecule has 14 heteroatoms. The fourth-order valence-corrected chi connectivity index (χ4v) is 3.68. The van der Waals surface area contributed by atoms with Gasteiger partial charge in [-0.25, -0.2) is 9.97 Å². The largest absolute Gasteiger partial charge is 0.573 e. The number of nitrogens with one attached hydrogen (secondary N) is 2. The van der Waals surface area contributed by atoms with Crippen LogP contribution in [0.2, 0.25) is 0 Å². The number of ether oxygens (including phenoxy) is 1. The Labute approximate surface area is 214 Å². The topological polar surface area (TPSA) is 113 Å². The van der Waals surface area contributed by atoms with Crippen LogP contribution in [-0.2, 0) is 4.79 Å². The standard InChI is InChI=1S/C24H23F4N7O3/c1-34-7-9-35(10-8-34)14-21(36)32-17-11-15(4-5-19(17)38-24(26,27)28)23(37)33-20-13-30-18(12-31-20)16-3-2-6-29-22(16)25/h2-6,11-13H,7-10,14H2,1H3,(H,32,36)(H,31,33,37). The monoisotopic (exact) mass is 533 g/mol. The molecule has 2 N–H and O–H groups in total. The molecule has 0 spiro atoms. The predicted molar refractivity (Wildman–Crippen MR) is 129 cm³/mol. The number of amides is 2. The number of nitrogens with zero attached hydrogens (tertiary/aromatic N) is 5. The summed E-state index contributed by atoms with van der Waals surface area (Å²) < 4.78 is 56.7. The number of alkyl halides is 3. The average Bonchev–Trinajstić information content (AvgIpc) is 2.86. The van der Waals surface area contributed by atoms with E-state index in [1.54, 1.807) is 0 Å². The summed E-state index contributed by atoms with van der Waals surface area (Å²) in [6.45, 7) is 2.74. The lowest BCUT2D eigenvalue weighted by Gasteiger charge is -2.31. The van der Waals surface area contributed by atoms with Gasteiger partial charge in [0.15, 0.2) is 11.6 Å². The number of rotatable bonds is 7. The van der Waals surface area contributed by atoms with E-state index < -0.39 is 29.9 Å². The summed E-state index contributed by atoms with van der Waals surface area (Å²) in [5, 5.41) is 4.87. The maximum Gasteiger partial charge on any atom is 0.573 e. The first kappa shape index (κ1) is 26.9. The minimum Gasteiger partial charge on any atom is -0.404 e. The summed E-state index contributed by atoms with van der Waals surface area (Å²) in [6.07, 6.45) is -1.29. The first-order chi connectivity index (χ1) is 18.1. The summed E-state index contributed by atoms with van der Waals surface area (Å²) in [4.78, 5) is 40.9. The average molecular weight is 533 g/mol. The fourth-order valence-electron chi connectivity index (χ4n) is 3.68. The lowest BCUT2D eigenvalue weighted by Crippen LogP contribution is -2.47. The minimum absolute atomic E-state index is 0.0133. The number of benzene rings is 1. The molecule has 0 bridgehead atoms. The molecule has 3 heterocycles. The molecule has 0 atom stereocenters. The van der Waals surface area contributed by atoms with Gasteiger partial charge in [-0.15, -0.1) is 13.2 Å². The van der Waals surface area contributed by atoms with Crippen LogP contribution in [0, 0.1) is 5.95 Å². The highest BCUT2D eigenvalue weighted by molar-refractivity contribution is 6.05. The van der Waals surface area contributed by atoms with E-state index in [9.17, 15) is 27.2 Å². The Morgan fingerprint density at radius 2 is 1.79 bits per heavy atom. The molecule has 1 aromatic carbocycles. The van der Waals surface area contributed by atoms with Gasteiger partial charge in [0.05, 0.1) is 35.9 Å². The minimum atomic E-state index is -5.01. The van der Waals surface area contributed by atoms with E-state index in [2.05, 4.69) is 35.2 Å². The van der Waals surface area contributed by atoms with Crippen LogP contribution in [0.4, 0.5) is 29.1 Å². The fraction of sp³-hybridized carbons (Fsp3) is 0.292. The third-order valence-electron chi connectivity index (χ3n) is 5.63. The van der Waals surface area contributed by atoms with Crippen molar-refractivity contribution in [1.29, 1.82) is 0 Å². The summed E-state index contributed by atoms with van der Waals surface area (Å²) in [5.74, 6) is -2.67. The predicted octanol–water partition coefficient (Wildman–Crippen LogP) is 3.01. The lowest BCUT2D eigenvalue weighted by atomic mass is 10.1. The van der Waals surface area contributed by atoms with Crippen LogP contribution < -0.4 is 15.4 Å². The van der Waals surface area contributed by atoms with Crippen molar-refractivity contribution in [3.05, 3.63) is 60.4 Å². The second-order valence-electron chi connectivity index (χ2n) is 8.47.